The molecular formula is C15H22N2O2. The minimum absolute atomic E-state index is 0.139. The number of carbonyl (C=O) groups excluding carboxylic acids is 1. The number of nitrogens with zero attached hydrogens (tertiary/aromatic N) is 1. The van der Waals surface area contributed by atoms with Crippen molar-refractivity contribution < 1.29 is 9.90 Å². The van der Waals surface area contributed by atoms with Gasteiger partial charge in [0.1, 0.15) is 5.75 Å². The highest BCUT2D eigenvalue weighted by Crippen LogP contribution is 2.23. The minimum Gasteiger partial charge on any atom is -0.508 e. The van der Waals surface area contributed by atoms with Crippen LogP contribution in [0, 0.1) is 5.41 Å². The average Bonchev–Trinajstić information content (AvgIpc) is 2.38. The van der Waals surface area contributed by atoms with Crippen molar-refractivity contribution in [1.82, 2.24) is 10.2 Å². The Hall–Kier alpha value is -1.55. The molecule has 1 amide bonds. The van der Waals surface area contributed by atoms with Gasteiger partial charge in [-0.15, -0.1) is 0 Å². The van der Waals surface area contributed by atoms with Gasteiger partial charge < -0.3 is 15.3 Å². The summed E-state index contributed by atoms with van der Waals surface area (Å²) in [6, 6.07) is 7.31. The maximum Gasteiger partial charge on any atom is 0.228 e. The van der Waals surface area contributed by atoms with Crippen molar-refractivity contribution in [3.8, 4) is 5.75 Å². The molecule has 1 unspecified atom stereocenters. The molecule has 104 valence electrons. The van der Waals surface area contributed by atoms with Gasteiger partial charge in [0.2, 0.25) is 5.91 Å². The molecule has 1 atom stereocenters. The molecule has 1 aliphatic rings. The minimum atomic E-state index is -0.336. The van der Waals surface area contributed by atoms with Gasteiger partial charge in [-0.25, -0.2) is 0 Å². The second kappa shape index (κ2) is 5.21. The lowest BCUT2D eigenvalue weighted by atomic mass is 9.93. The molecule has 1 fully saturated rings. The third-order valence-electron chi connectivity index (χ3n) is 3.40. The maximum atomic E-state index is 12.3. The molecule has 1 heterocycles. The van der Waals surface area contributed by atoms with Crippen LogP contribution < -0.4 is 5.32 Å². The molecule has 1 saturated heterocycles. The number of phenols is 1. The predicted molar refractivity (Wildman–Crippen MR) is 74.9 cm³/mol. The summed E-state index contributed by atoms with van der Waals surface area (Å²) in [7, 11) is 0. The van der Waals surface area contributed by atoms with Gasteiger partial charge in [-0.1, -0.05) is 32.9 Å². The van der Waals surface area contributed by atoms with Crippen molar-refractivity contribution in [2.75, 3.05) is 19.6 Å². The Labute approximate surface area is 114 Å². The van der Waals surface area contributed by atoms with Crippen LogP contribution in [0.4, 0.5) is 0 Å². The Morgan fingerprint density at radius 1 is 1.32 bits per heavy atom. The molecular weight excluding hydrogens is 240 g/mol. The predicted octanol–water partition coefficient (Wildman–Crippen LogP) is 1.91. The van der Waals surface area contributed by atoms with E-state index < -0.39 is 0 Å². The van der Waals surface area contributed by atoms with Crippen LogP contribution in [0.5, 0.6) is 5.75 Å². The number of phenolic OH excluding ortho intramolecular Hbond substituents is 1. The van der Waals surface area contributed by atoms with Crippen LogP contribution in [0.3, 0.4) is 0 Å². The van der Waals surface area contributed by atoms with Crippen LogP contribution in [0.2, 0.25) is 0 Å². The van der Waals surface area contributed by atoms with Gasteiger partial charge in [-0.3, -0.25) is 4.79 Å². The van der Waals surface area contributed by atoms with Crippen LogP contribution in [0.1, 0.15) is 32.4 Å². The zero-order chi connectivity index (χ0) is 14.0. The Kier molecular flexibility index (Phi) is 3.80. The summed E-state index contributed by atoms with van der Waals surface area (Å²) < 4.78 is 0. The Bertz CT molecular complexity index is 448. The average molecular weight is 262 g/mol. The van der Waals surface area contributed by atoms with E-state index in [0.717, 1.165) is 18.7 Å². The van der Waals surface area contributed by atoms with Gasteiger partial charge in [0.15, 0.2) is 0 Å². The molecule has 2 rings (SSSR count). The van der Waals surface area contributed by atoms with E-state index >= 15 is 0 Å². The van der Waals surface area contributed by atoms with E-state index in [4.69, 9.17) is 0 Å². The fraction of sp³-hybridized carbons (Fsp3) is 0.533. The number of amides is 1. The van der Waals surface area contributed by atoms with Crippen LogP contribution in [-0.2, 0) is 4.79 Å². The van der Waals surface area contributed by atoms with Crippen LogP contribution in [-0.4, -0.2) is 35.5 Å². The van der Waals surface area contributed by atoms with Crippen molar-refractivity contribution in [3.05, 3.63) is 29.8 Å². The van der Waals surface area contributed by atoms with Gasteiger partial charge in [0, 0.05) is 31.1 Å². The van der Waals surface area contributed by atoms with Crippen molar-refractivity contribution in [1.29, 1.82) is 0 Å². The number of aromatic hydroxyl groups is 1. The van der Waals surface area contributed by atoms with Gasteiger partial charge in [0.25, 0.3) is 0 Å². The second-order valence-electron chi connectivity index (χ2n) is 6.10. The Morgan fingerprint density at radius 3 is 2.53 bits per heavy atom. The number of piperazine rings is 1. The Balaban J connectivity index is 2.09. The van der Waals surface area contributed by atoms with E-state index in [1.54, 1.807) is 12.1 Å². The standard InChI is InChI=1S/C15H22N2O2/c1-15(2,3)14(19)17-9-8-16-13(10-17)11-4-6-12(18)7-5-11/h4-7,13,16,18H,8-10H2,1-3H3. The molecule has 0 bridgehead atoms. The monoisotopic (exact) mass is 262 g/mol. The van der Waals surface area contributed by atoms with E-state index in [1.165, 1.54) is 0 Å². The first-order valence-electron chi connectivity index (χ1n) is 6.69. The summed E-state index contributed by atoms with van der Waals surface area (Å²) in [6.07, 6.45) is 0. The van der Waals surface area contributed by atoms with Crippen molar-refractivity contribution in [2.45, 2.75) is 26.8 Å². The quantitative estimate of drug-likeness (QED) is 0.813. The number of hydrogen-bond acceptors (Lipinski definition) is 3. The first kappa shape index (κ1) is 13.9. The number of rotatable bonds is 1. The molecule has 2 N–H and O–H groups in total. The van der Waals surface area contributed by atoms with Crippen molar-refractivity contribution in [3.63, 3.8) is 0 Å². The first-order chi connectivity index (χ1) is 8.88. The van der Waals surface area contributed by atoms with E-state index in [-0.39, 0.29) is 23.1 Å². The molecule has 0 aromatic heterocycles. The number of carbonyl (C=O) groups is 1. The molecule has 4 heteroatoms. The molecule has 0 saturated carbocycles. The smallest absolute Gasteiger partial charge is 0.228 e. The van der Waals surface area contributed by atoms with E-state index in [9.17, 15) is 9.90 Å². The summed E-state index contributed by atoms with van der Waals surface area (Å²) in [4.78, 5) is 14.2. The SMILES string of the molecule is CC(C)(C)C(=O)N1CCNC(c2ccc(O)cc2)C1. The lowest BCUT2D eigenvalue weighted by molar-refractivity contribution is -0.140. The summed E-state index contributed by atoms with van der Waals surface area (Å²) >= 11 is 0. The first-order valence-corrected chi connectivity index (χ1v) is 6.69. The van der Waals surface area contributed by atoms with E-state index in [0.29, 0.717) is 6.54 Å². The van der Waals surface area contributed by atoms with Crippen LogP contribution in [0.25, 0.3) is 0 Å². The van der Waals surface area contributed by atoms with E-state index in [2.05, 4.69) is 5.32 Å². The summed E-state index contributed by atoms with van der Waals surface area (Å²) in [5, 5.41) is 12.7. The van der Waals surface area contributed by atoms with Crippen molar-refractivity contribution >= 4 is 5.91 Å². The highest BCUT2D eigenvalue weighted by atomic mass is 16.3. The lowest BCUT2D eigenvalue weighted by Crippen LogP contribution is -2.51. The third kappa shape index (κ3) is 3.26. The third-order valence-corrected chi connectivity index (χ3v) is 3.40. The molecule has 1 aromatic rings. The second-order valence-corrected chi connectivity index (χ2v) is 6.10. The normalized spacial score (nSPS) is 20.4. The fourth-order valence-electron chi connectivity index (χ4n) is 2.34. The molecule has 1 aromatic carbocycles. The molecule has 0 radical (unpaired) electrons. The lowest BCUT2D eigenvalue weighted by Gasteiger charge is -2.37. The highest BCUT2D eigenvalue weighted by Gasteiger charge is 2.31. The molecule has 19 heavy (non-hydrogen) atoms. The maximum absolute atomic E-state index is 12.3. The zero-order valence-electron chi connectivity index (χ0n) is 11.8. The number of nitrogens with one attached hydrogen (secondary N) is 1. The van der Waals surface area contributed by atoms with Gasteiger partial charge in [-0.05, 0) is 17.7 Å². The van der Waals surface area contributed by atoms with Crippen LogP contribution >= 0.6 is 0 Å². The summed E-state index contributed by atoms with van der Waals surface area (Å²) in [5.74, 6) is 0.458. The van der Waals surface area contributed by atoms with Gasteiger partial charge >= 0.3 is 0 Å². The summed E-state index contributed by atoms with van der Waals surface area (Å²) in [5.41, 5.74) is 0.765. The molecule has 0 aliphatic carbocycles. The molecule has 4 nitrogen and oxygen atoms in total. The largest absolute Gasteiger partial charge is 0.508 e. The Morgan fingerprint density at radius 2 is 1.95 bits per heavy atom. The molecule has 0 spiro atoms. The number of benzene rings is 1. The fourth-order valence-corrected chi connectivity index (χ4v) is 2.34. The van der Waals surface area contributed by atoms with E-state index in [1.807, 2.05) is 37.8 Å². The zero-order valence-corrected chi connectivity index (χ0v) is 11.8. The van der Waals surface area contributed by atoms with Gasteiger partial charge in [-0.2, -0.15) is 0 Å². The summed E-state index contributed by atoms with van der Waals surface area (Å²) in [6.45, 7) is 8.09. The number of hydrogen-bond donors (Lipinski definition) is 2. The van der Waals surface area contributed by atoms with Crippen LogP contribution in [0.15, 0.2) is 24.3 Å². The molecule has 1 aliphatic heterocycles. The topological polar surface area (TPSA) is 52.6 Å². The van der Waals surface area contributed by atoms with Crippen molar-refractivity contribution in [2.24, 2.45) is 5.41 Å². The highest BCUT2D eigenvalue weighted by molar-refractivity contribution is 5.81. The van der Waals surface area contributed by atoms with Gasteiger partial charge in [0.05, 0.1) is 0 Å².